The van der Waals surface area contributed by atoms with Crippen LogP contribution in [0.3, 0.4) is 0 Å². The summed E-state index contributed by atoms with van der Waals surface area (Å²) >= 11 is 12.0. The molecule has 1 heterocycles. The maximum atomic E-state index is 12.5. The Kier molecular flexibility index (Phi) is 6.67. The predicted molar refractivity (Wildman–Crippen MR) is 131 cm³/mol. The van der Waals surface area contributed by atoms with Crippen LogP contribution in [0.5, 0.6) is 0 Å². The molecule has 1 amide bonds. The van der Waals surface area contributed by atoms with Gasteiger partial charge in [-0.1, -0.05) is 35.3 Å². The van der Waals surface area contributed by atoms with E-state index >= 15 is 0 Å². The number of anilines is 3. The lowest BCUT2D eigenvalue weighted by Gasteiger charge is -2.28. The average Bonchev–Trinajstić information content (AvgIpc) is 2.78. The van der Waals surface area contributed by atoms with Gasteiger partial charge < -0.3 is 21.1 Å². The number of carbonyl (C=O) groups is 2. The van der Waals surface area contributed by atoms with E-state index in [0.717, 1.165) is 19.3 Å². The molecule has 1 aromatic heterocycles. The molecule has 0 atom stereocenters. The van der Waals surface area contributed by atoms with Gasteiger partial charge in [0.25, 0.3) is 16.8 Å². The minimum Gasteiger partial charge on any atom is -0.477 e. The third kappa shape index (κ3) is 4.80. The number of benzene rings is 1. The lowest BCUT2D eigenvalue weighted by atomic mass is 9.92. The third-order valence-electron chi connectivity index (χ3n) is 5.43. The summed E-state index contributed by atoms with van der Waals surface area (Å²) in [4.78, 5) is 52.0. The van der Waals surface area contributed by atoms with E-state index in [-0.39, 0.29) is 44.4 Å². The predicted octanol–water partition coefficient (Wildman–Crippen LogP) is 3.74. The van der Waals surface area contributed by atoms with Gasteiger partial charge in [0.1, 0.15) is 17.1 Å². The quantitative estimate of drug-likeness (QED) is 0.271. The Morgan fingerprint density at radius 2 is 1.56 bits per heavy atom. The van der Waals surface area contributed by atoms with Gasteiger partial charge in [0, 0.05) is 24.0 Å². The molecular formula is C23H18Cl2N4O5. The molecule has 9 nitrogen and oxygen atoms in total. The van der Waals surface area contributed by atoms with Gasteiger partial charge in [-0.05, 0) is 43.0 Å². The summed E-state index contributed by atoms with van der Waals surface area (Å²) < 4.78 is 0. The molecule has 174 valence electrons. The number of halogens is 2. The van der Waals surface area contributed by atoms with Crippen LogP contribution in [0.4, 0.5) is 17.1 Å². The summed E-state index contributed by atoms with van der Waals surface area (Å²) in [7, 11) is 0. The number of nitrogens with one attached hydrogen (secondary N) is 3. The molecule has 0 bridgehead atoms. The van der Waals surface area contributed by atoms with Crippen molar-refractivity contribution in [2.45, 2.75) is 25.3 Å². The second-order valence-corrected chi connectivity index (χ2v) is 8.54. The van der Waals surface area contributed by atoms with E-state index in [1.54, 1.807) is 0 Å². The van der Waals surface area contributed by atoms with E-state index in [4.69, 9.17) is 23.2 Å². The number of carboxylic acids is 1. The van der Waals surface area contributed by atoms with E-state index < -0.39 is 22.7 Å². The van der Waals surface area contributed by atoms with Crippen molar-refractivity contribution < 1.29 is 14.7 Å². The fourth-order valence-corrected chi connectivity index (χ4v) is 3.76. The highest BCUT2D eigenvalue weighted by Gasteiger charge is 2.27. The zero-order chi connectivity index (χ0) is 24.4. The molecule has 0 saturated heterocycles. The molecule has 3 aromatic rings. The van der Waals surface area contributed by atoms with E-state index in [0.29, 0.717) is 5.56 Å². The second kappa shape index (κ2) is 9.66. The van der Waals surface area contributed by atoms with Crippen molar-refractivity contribution in [2.75, 3.05) is 16.0 Å². The second-order valence-electron chi connectivity index (χ2n) is 7.72. The molecule has 2 aromatic carbocycles. The van der Waals surface area contributed by atoms with Gasteiger partial charge in [-0.2, -0.15) is 0 Å². The summed E-state index contributed by atoms with van der Waals surface area (Å²) in [5, 5.41) is 18.1. The molecule has 0 unspecified atom stereocenters. The maximum absolute atomic E-state index is 12.5. The summed E-state index contributed by atoms with van der Waals surface area (Å²) in [6, 6.07) is 6.15. The topological polar surface area (TPSA) is 137 Å². The number of hydrogen-bond donors (Lipinski definition) is 4. The Bertz CT molecular complexity index is 1350. The number of amides is 1. The van der Waals surface area contributed by atoms with Gasteiger partial charge in [-0.25, -0.2) is 4.79 Å². The number of carbonyl (C=O) groups excluding carboxylic acids is 1. The summed E-state index contributed by atoms with van der Waals surface area (Å²) in [5.41, 5.74) is -0.720. The molecule has 1 aliphatic carbocycles. The first-order chi connectivity index (χ1) is 16.2. The fourth-order valence-electron chi connectivity index (χ4n) is 3.31. The smallest absolute Gasteiger partial charge is 0.352 e. The lowest BCUT2D eigenvalue weighted by Crippen LogP contribution is -2.41. The van der Waals surface area contributed by atoms with Crippen molar-refractivity contribution in [3.63, 3.8) is 0 Å². The van der Waals surface area contributed by atoms with Gasteiger partial charge in [0.2, 0.25) is 0 Å². The van der Waals surface area contributed by atoms with Crippen LogP contribution < -0.4 is 26.8 Å². The third-order valence-corrected chi connectivity index (χ3v) is 6.00. The Labute approximate surface area is 203 Å². The monoisotopic (exact) mass is 500 g/mol. The zero-order valence-electron chi connectivity index (χ0n) is 17.5. The highest BCUT2D eigenvalue weighted by atomic mass is 35.5. The minimum absolute atomic E-state index is 0.0624. The first kappa shape index (κ1) is 23.5. The van der Waals surface area contributed by atoms with E-state index in [1.807, 2.05) is 0 Å². The van der Waals surface area contributed by atoms with Crippen molar-refractivity contribution in [1.29, 1.82) is 0 Å². The molecule has 4 rings (SSSR count). The van der Waals surface area contributed by atoms with Crippen molar-refractivity contribution in [2.24, 2.45) is 0 Å². The summed E-state index contributed by atoms with van der Waals surface area (Å²) in [6.07, 6.45) is 6.80. The van der Waals surface area contributed by atoms with Crippen LogP contribution in [0, 0.1) is 0 Å². The highest BCUT2D eigenvalue weighted by Crippen LogP contribution is 2.29. The van der Waals surface area contributed by atoms with Crippen LogP contribution in [0.1, 0.15) is 35.2 Å². The number of hydrogen-bond acceptors (Lipinski definition) is 7. The summed E-state index contributed by atoms with van der Waals surface area (Å²) in [5.74, 6) is -1.79. The fraction of sp³-hybridized carbons (Fsp3) is 0.174. The number of carboxylic acid groups (broad SMARTS) is 1. The molecule has 1 aliphatic rings. The van der Waals surface area contributed by atoms with Gasteiger partial charge >= 0.3 is 5.97 Å². The average molecular weight is 501 g/mol. The van der Waals surface area contributed by atoms with Crippen molar-refractivity contribution >= 4 is 58.2 Å². The first-order valence-corrected chi connectivity index (χ1v) is 11.0. The normalized spacial score (nSPS) is 13.9. The number of aliphatic carboxylic acids is 1. The number of nitrogens with zero attached hydrogens (tertiary/aromatic N) is 1. The molecule has 11 heteroatoms. The number of aromatic nitrogens is 1. The van der Waals surface area contributed by atoms with Crippen molar-refractivity contribution in [1.82, 2.24) is 4.98 Å². The van der Waals surface area contributed by atoms with Crippen LogP contribution in [-0.4, -0.2) is 28.0 Å². The van der Waals surface area contributed by atoms with Crippen molar-refractivity contribution in [3.8, 4) is 0 Å². The Morgan fingerprint density at radius 3 is 2.12 bits per heavy atom. The van der Waals surface area contributed by atoms with Crippen LogP contribution >= 0.6 is 23.2 Å². The van der Waals surface area contributed by atoms with Crippen LogP contribution in [0.15, 0.2) is 51.9 Å². The Hall–Kier alpha value is -3.69. The van der Waals surface area contributed by atoms with Crippen LogP contribution in [0.25, 0.3) is 6.08 Å². The van der Waals surface area contributed by atoms with E-state index in [2.05, 4.69) is 20.9 Å². The minimum atomic E-state index is -1.31. The molecule has 0 radical (unpaired) electrons. The molecule has 34 heavy (non-hydrogen) atoms. The molecular weight excluding hydrogens is 483 g/mol. The van der Waals surface area contributed by atoms with Gasteiger partial charge in [-0.3, -0.25) is 19.4 Å². The van der Waals surface area contributed by atoms with E-state index in [9.17, 15) is 24.3 Å². The SMILES string of the molecule is O=C(O)/C(=C\c1ccc(C(=O)Nc2c(Cl)cncc2Cl)cc1)Nc1c(NC2CCC2)c(=O)c1=O. The molecule has 1 saturated carbocycles. The highest BCUT2D eigenvalue weighted by molar-refractivity contribution is 6.39. The molecule has 0 aliphatic heterocycles. The molecule has 0 spiro atoms. The Morgan fingerprint density at radius 1 is 0.941 bits per heavy atom. The maximum Gasteiger partial charge on any atom is 0.352 e. The van der Waals surface area contributed by atoms with Crippen molar-refractivity contribution in [3.05, 3.63) is 84.0 Å². The molecule has 4 N–H and O–H groups in total. The van der Waals surface area contributed by atoms with Gasteiger partial charge in [0.05, 0.1) is 15.7 Å². The van der Waals surface area contributed by atoms with E-state index in [1.165, 1.54) is 42.7 Å². The largest absolute Gasteiger partial charge is 0.477 e. The number of rotatable bonds is 8. The molecule has 1 fully saturated rings. The number of pyridine rings is 1. The van der Waals surface area contributed by atoms with Gasteiger partial charge in [0.15, 0.2) is 0 Å². The standard InChI is InChI=1S/C23H18Cl2N4O5/c24-14-9-26-10-15(25)17(14)29-22(32)12-6-4-11(5-7-12)8-16(23(33)34)28-19-18(20(30)21(19)31)27-13-2-1-3-13/h4-10,13,27-28H,1-3H2,(H,33,34)(H,26,29,32)/b16-8+. The first-order valence-electron chi connectivity index (χ1n) is 10.3. The Balaban J connectivity index is 1.50. The van der Waals surface area contributed by atoms with Gasteiger partial charge in [-0.15, -0.1) is 0 Å². The van der Waals surface area contributed by atoms with Crippen LogP contribution in [0.2, 0.25) is 10.0 Å². The lowest BCUT2D eigenvalue weighted by molar-refractivity contribution is -0.132. The zero-order valence-corrected chi connectivity index (χ0v) is 19.0. The van der Waals surface area contributed by atoms with Crippen LogP contribution in [-0.2, 0) is 4.79 Å². The summed E-state index contributed by atoms with van der Waals surface area (Å²) in [6.45, 7) is 0.